The van der Waals surface area contributed by atoms with Crippen LogP contribution in [0.25, 0.3) is 80.4 Å². The van der Waals surface area contributed by atoms with Gasteiger partial charge in [-0.15, -0.1) is 11.3 Å². The summed E-state index contributed by atoms with van der Waals surface area (Å²) < 4.78 is 11.5. The van der Waals surface area contributed by atoms with Gasteiger partial charge in [-0.05, 0) is 77.5 Å². The number of hydrogen-bond acceptors (Lipinski definition) is 3. The molecule has 0 bridgehead atoms. The quantitative estimate of drug-likeness (QED) is 0.188. The smallest absolute Gasteiger partial charge is 0.137 e. The predicted octanol–water partition coefficient (Wildman–Crippen LogP) is 13.7. The van der Waals surface area contributed by atoms with Crippen LogP contribution < -0.4 is 4.90 Å². The highest BCUT2D eigenvalue weighted by Gasteiger charge is 2.23. The largest absolute Gasteiger partial charge is 0.456 e. The molecule has 0 atom stereocenters. The SMILES string of the molecule is c1ccc(-n2c3ccccc3c3cccc(N(c4ccc5c(ccc6sc7ccccc7c65)c4)c4ccc5c(c4)oc4ccccc45)c32)cc1. The maximum absolute atomic E-state index is 6.46. The van der Waals surface area contributed by atoms with Crippen LogP contribution in [0.2, 0.25) is 0 Å². The molecule has 3 nitrogen and oxygen atoms in total. The third-order valence-electron chi connectivity index (χ3n) is 10.1. The van der Waals surface area contributed by atoms with E-state index in [2.05, 4.69) is 167 Å². The molecule has 3 heterocycles. The monoisotopic (exact) mass is 656 g/mol. The van der Waals surface area contributed by atoms with Gasteiger partial charge in [-0.2, -0.15) is 0 Å². The van der Waals surface area contributed by atoms with Gasteiger partial charge in [0.25, 0.3) is 0 Å². The van der Waals surface area contributed by atoms with E-state index >= 15 is 0 Å². The Morgan fingerprint density at radius 2 is 1.16 bits per heavy atom. The molecule has 0 N–H and O–H groups in total. The number of thiophene rings is 1. The van der Waals surface area contributed by atoms with Crippen LogP contribution in [0.15, 0.2) is 174 Å². The molecule has 234 valence electrons. The molecule has 50 heavy (non-hydrogen) atoms. The topological polar surface area (TPSA) is 21.3 Å². The summed E-state index contributed by atoms with van der Waals surface area (Å²) in [5.74, 6) is 0. The molecule has 0 aliphatic carbocycles. The predicted molar refractivity (Wildman–Crippen MR) is 213 cm³/mol. The van der Waals surface area contributed by atoms with Crippen LogP contribution in [-0.2, 0) is 0 Å². The molecular weight excluding hydrogens is 629 g/mol. The number of fused-ring (bicyclic) bond motifs is 11. The van der Waals surface area contributed by atoms with Crippen molar-refractivity contribution in [3.63, 3.8) is 0 Å². The molecule has 0 unspecified atom stereocenters. The van der Waals surface area contributed by atoms with Crippen LogP contribution in [-0.4, -0.2) is 4.57 Å². The van der Waals surface area contributed by atoms with Crippen molar-refractivity contribution in [1.29, 1.82) is 0 Å². The van der Waals surface area contributed by atoms with Crippen LogP contribution in [0.3, 0.4) is 0 Å². The minimum Gasteiger partial charge on any atom is -0.456 e. The Balaban J connectivity index is 1.23. The fraction of sp³-hybridized carbons (Fsp3) is 0. The van der Waals surface area contributed by atoms with E-state index in [1.54, 1.807) is 0 Å². The molecule has 0 amide bonds. The average Bonchev–Trinajstić information content (AvgIpc) is 3.85. The summed E-state index contributed by atoms with van der Waals surface area (Å²) in [5.41, 5.74) is 8.46. The second-order valence-corrected chi connectivity index (χ2v) is 14.0. The number of hydrogen-bond donors (Lipinski definition) is 0. The van der Waals surface area contributed by atoms with E-state index in [9.17, 15) is 0 Å². The van der Waals surface area contributed by atoms with Crippen molar-refractivity contribution in [2.24, 2.45) is 0 Å². The molecule has 3 aromatic heterocycles. The first-order valence-corrected chi connectivity index (χ1v) is 17.7. The van der Waals surface area contributed by atoms with Gasteiger partial charge in [-0.25, -0.2) is 0 Å². The summed E-state index contributed by atoms with van der Waals surface area (Å²) in [4.78, 5) is 2.41. The number of rotatable bonds is 4. The Kier molecular flexibility index (Phi) is 5.83. The number of furan rings is 1. The molecule has 0 aliphatic rings. The Labute approximate surface area is 291 Å². The van der Waals surface area contributed by atoms with Crippen molar-refractivity contribution in [1.82, 2.24) is 4.57 Å². The molecule has 0 fully saturated rings. The summed E-state index contributed by atoms with van der Waals surface area (Å²) in [5, 5.41) is 9.81. The summed E-state index contributed by atoms with van der Waals surface area (Å²) >= 11 is 1.86. The van der Waals surface area contributed by atoms with Gasteiger partial charge in [0.2, 0.25) is 0 Å². The molecule has 8 aromatic carbocycles. The van der Waals surface area contributed by atoms with E-state index in [-0.39, 0.29) is 0 Å². The maximum atomic E-state index is 6.46. The van der Waals surface area contributed by atoms with E-state index in [4.69, 9.17) is 4.42 Å². The number of aromatic nitrogens is 1. The molecule has 0 aliphatic heterocycles. The molecular formula is C46H28N2OS. The Morgan fingerprint density at radius 1 is 0.460 bits per heavy atom. The molecule has 0 radical (unpaired) electrons. The van der Waals surface area contributed by atoms with Crippen molar-refractivity contribution < 1.29 is 4.42 Å². The fourth-order valence-corrected chi connectivity index (χ4v) is 9.11. The van der Waals surface area contributed by atoms with Crippen LogP contribution in [0.1, 0.15) is 0 Å². The van der Waals surface area contributed by atoms with Crippen LogP contribution >= 0.6 is 11.3 Å². The zero-order chi connectivity index (χ0) is 32.8. The molecule has 0 saturated carbocycles. The van der Waals surface area contributed by atoms with Gasteiger partial charge in [0.05, 0.1) is 16.7 Å². The van der Waals surface area contributed by atoms with E-state index < -0.39 is 0 Å². The molecule has 11 rings (SSSR count). The number of benzene rings is 8. The van der Waals surface area contributed by atoms with Gasteiger partial charge in [0.1, 0.15) is 11.2 Å². The van der Waals surface area contributed by atoms with Crippen LogP contribution in [0.4, 0.5) is 17.1 Å². The third kappa shape index (κ3) is 3.97. The zero-order valence-corrected chi connectivity index (χ0v) is 27.7. The normalized spacial score (nSPS) is 12.0. The first kappa shape index (κ1) is 27.6. The number of nitrogens with zero attached hydrogens (tertiary/aromatic N) is 2. The minimum atomic E-state index is 0.872. The number of anilines is 3. The van der Waals surface area contributed by atoms with E-state index in [0.717, 1.165) is 50.2 Å². The highest BCUT2D eigenvalue weighted by atomic mass is 32.1. The van der Waals surface area contributed by atoms with Gasteiger partial charge in [-0.3, -0.25) is 0 Å². The van der Waals surface area contributed by atoms with Gasteiger partial charge < -0.3 is 13.9 Å². The first-order valence-electron chi connectivity index (χ1n) is 16.9. The highest BCUT2D eigenvalue weighted by Crippen LogP contribution is 2.46. The van der Waals surface area contributed by atoms with Gasteiger partial charge in [0.15, 0.2) is 0 Å². The van der Waals surface area contributed by atoms with E-state index in [0.29, 0.717) is 0 Å². The van der Waals surface area contributed by atoms with Crippen molar-refractivity contribution in [2.75, 3.05) is 4.90 Å². The summed E-state index contributed by atoms with van der Waals surface area (Å²) in [7, 11) is 0. The third-order valence-corrected chi connectivity index (χ3v) is 11.3. The fourth-order valence-electron chi connectivity index (χ4n) is 7.99. The molecule has 0 saturated heterocycles. The van der Waals surface area contributed by atoms with Crippen molar-refractivity contribution in [3.8, 4) is 5.69 Å². The molecule has 0 spiro atoms. The lowest BCUT2D eigenvalue weighted by molar-refractivity contribution is 0.669. The Bertz CT molecular complexity index is 3110. The molecule has 4 heteroatoms. The van der Waals surface area contributed by atoms with E-state index in [1.807, 2.05) is 23.5 Å². The molecule has 11 aromatic rings. The number of para-hydroxylation sites is 4. The summed E-state index contributed by atoms with van der Waals surface area (Å²) in [6.45, 7) is 0. The lowest BCUT2D eigenvalue weighted by atomic mass is 10.0. The summed E-state index contributed by atoms with van der Waals surface area (Å²) in [6, 6.07) is 61.3. The first-order chi connectivity index (χ1) is 24.8. The van der Waals surface area contributed by atoms with Crippen LogP contribution in [0.5, 0.6) is 0 Å². The van der Waals surface area contributed by atoms with E-state index in [1.165, 1.54) is 47.2 Å². The lowest BCUT2D eigenvalue weighted by Gasteiger charge is -2.27. The van der Waals surface area contributed by atoms with Crippen molar-refractivity contribution >= 4 is 103 Å². The minimum absolute atomic E-state index is 0.872. The second-order valence-electron chi connectivity index (χ2n) is 12.9. The summed E-state index contributed by atoms with van der Waals surface area (Å²) in [6.07, 6.45) is 0. The van der Waals surface area contributed by atoms with Gasteiger partial charge in [-0.1, -0.05) is 97.1 Å². The zero-order valence-electron chi connectivity index (χ0n) is 26.9. The average molecular weight is 657 g/mol. The lowest BCUT2D eigenvalue weighted by Crippen LogP contribution is -2.11. The second kappa shape index (κ2) is 10.6. The standard InChI is InChI=1S/C46H28N2OS/c1-2-11-30(12-3-1)48-39-17-7-4-13-34(39)37-16-10-18-40(46(37)48)47(32-23-25-36-35-14-5-8-19-41(35)49-42(36)28-32)31-22-24-33-29(27-31)21-26-44-45(33)38-15-6-9-20-43(38)50-44/h1-28H. The highest BCUT2D eigenvalue weighted by molar-refractivity contribution is 7.26. The Morgan fingerprint density at radius 3 is 2.06 bits per heavy atom. The Hall–Kier alpha value is -6.36. The van der Waals surface area contributed by atoms with Crippen molar-refractivity contribution in [3.05, 3.63) is 170 Å². The van der Waals surface area contributed by atoms with Gasteiger partial charge >= 0.3 is 0 Å². The van der Waals surface area contributed by atoms with Crippen LogP contribution in [0, 0.1) is 0 Å². The maximum Gasteiger partial charge on any atom is 0.137 e. The van der Waals surface area contributed by atoms with Crippen molar-refractivity contribution in [2.45, 2.75) is 0 Å². The van der Waals surface area contributed by atoms with Gasteiger partial charge in [0, 0.05) is 64.8 Å².